The molecule has 62 valence electrons. The van der Waals surface area contributed by atoms with Crippen molar-refractivity contribution in [2.45, 2.75) is 20.3 Å². The summed E-state index contributed by atoms with van der Waals surface area (Å²) in [6.07, 6.45) is 0.772. The predicted octanol–water partition coefficient (Wildman–Crippen LogP) is 1.55. The van der Waals surface area contributed by atoms with Crippen LogP contribution in [0.1, 0.15) is 20.3 Å². The van der Waals surface area contributed by atoms with E-state index in [-0.39, 0.29) is 10.6 Å². The van der Waals surface area contributed by atoms with Crippen molar-refractivity contribution in [1.29, 1.82) is 10.7 Å². The molecule has 4 heteroatoms. The number of thioether (sulfide) groups is 1. The molecule has 0 unspecified atom stereocenters. The van der Waals surface area contributed by atoms with Crippen molar-refractivity contribution in [1.82, 2.24) is 0 Å². The highest BCUT2D eigenvalue weighted by Gasteiger charge is 2.15. The van der Waals surface area contributed by atoms with Crippen LogP contribution in [0.3, 0.4) is 0 Å². The number of nitriles is 1. The molecule has 0 aromatic heterocycles. The molecule has 0 atom stereocenters. The van der Waals surface area contributed by atoms with E-state index in [9.17, 15) is 0 Å². The van der Waals surface area contributed by atoms with Crippen LogP contribution in [-0.4, -0.2) is 10.9 Å². The van der Waals surface area contributed by atoms with Crippen molar-refractivity contribution < 1.29 is 0 Å². The molecule has 0 fully saturated rings. The van der Waals surface area contributed by atoms with Crippen molar-refractivity contribution in [2.24, 2.45) is 11.1 Å². The smallest absolute Gasteiger partial charge is 0.151 e. The largest absolute Gasteiger partial charge is 0.379 e. The van der Waals surface area contributed by atoms with Gasteiger partial charge in [0.15, 0.2) is 5.17 Å². The van der Waals surface area contributed by atoms with Crippen LogP contribution < -0.4 is 5.73 Å². The van der Waals surface area contributed by atoms with Gasteiger partial charge in [-0.05, 0) is 20.3 Å². The Morgan fingerprint density at radius 1 is 1.73 bits per heavy atom. The van der Waals surface area contributed by atoms with E-state index in [1.165, 1.54) is 11.8 Å². The molecule has 0 aliphatic carbocycles. The maximum absolute atomic E-state index is 8.62. The molecule has 0 aromatic carbocycles. The van der Waals surface area contributed by atoms with E-state index >= 15 is 0 Å². The van der Waals surface area contributed by atoms with Crippen molar-refractivity contribution in [3.63, 3.8) is 0 Å². The first kappa shape index (κ1) is 10.3. The summed E-state index contributed by atoms with van der Waals surface area (Å²) < 4.78 is 0. The molecule has 0 aliphatic rings. The van der Waals surface area contributed by atoms with Crippen LogP contribution in [-0.2, 0) is 0 Å². The van der Waals surface area contributed by atoms with Crippen LogP contribution in [0.25, 0.3) is 0 Å². The summed E-state index contributed by atoms with van der Waals surface area (Å²) in [5.41, 5.74) is 4.84. The second-order valence-electron chi connectivity index (χ2n) is 2.96. The lowest BCUT2D eigenvalue weighted by molar-refractivity contribution is 0.482. The van der Waals surface area contributed by atoms with Gasteiger partial charge in [-0.3, -0.25) is 5.41 Å². The van der Waals surface area contributed by atoms with Gasteiger partial charge in [-0.25, -0.2) is 0 Å². The minimum absolute atomic E-state index is 0.124. The van der Waals surface area contributed by atoms with Gasteiger partial charge in [0.2, 0.25) is 0 Å². The lowest BCUT2D eigenvalue weighted by atomic mass is 9.93. The molecular weight excluding hydrogens is 158 g/mol. The van der Waals surface area contributed by atoms with E-state index in [0.717, 1.165) is 12.2 Å². The molecule has 0 aromatic rings. The first-order chi connectivity index (χ1) is 4.98. The summed E-state index contributed by atoms with van der Waals surface area (Å²) in [4.78, 5) is 0. The highest BCUT2D eigenvalue weighted by atomic mass is 32.2. The Balaban J connectivity index is 3.56. The fraction of sp³-hybridized carbons (Fsp3) is 0.714. The lowest BCUT2D eigenvalue weighted by Crippen LogP contribution is -2.11. The summed E-state index contributed by atoms with van der Waals surface area (Å²) in [5, 5.41) is 15.7. The van der Waals surface area contributed by atoms with E-state index in [2.05, 4.69) is 6.07 Å². The van der Waals surface area contributed by atoms with Crippen LogP contribution >= 0.6 is 11.8 Å². The second kappa shape index (κ2) is 4.24. The molecule has 0 radical (unpaired) electrons. The van der Waals surface area contributed by atoms with E-state index in [0.29, 0.717) is 0 Å². The van der Waals surface area contributed by atoms with E-state index in [1.54, 1.807) is 0 Å². The third-order valence-electron chi connectivity index (χ3n) is 1.29. The van der Waals surface area contributed by atoms with Gasteiger partial charge in [-0.15, -0.1) is 0 Å². The number of rotatable bonds is 3. The molecule has 3 N–H and O–H groups in total. The van der Waals surface area contributed by atoms with E-state index in [1.807, 2.05) is 13.8 Å². The fourth-order valence-corrected chi connectivity index (χ4v) is 1.30. The standard InChI is InChI=1S/C7H13N3S/c1-7(2,5-8)3-4-11-6(9)10/h3-4H2,1-2H3,(H3,9,10). The summed E-state index contributed by atoms with van der Waals surface area (Å²) >= 11 is 1.28. The second-order valence-corrected chi connectivity index (χ2v) is 4.10. The Labute approximate surface area is 71.5 Å². The Bertz CT molecular complexity index is 181. The third kappa shape index (κ3) is 5.74. The van der Waals surface area contributed by atoms with Gasteiger partial charge in [0.25, 0.3) is 0 Å². The van der Waals surface area contributed by atoms with Crippen LogP contribution in [0.15, 0.2) is 0 Å². The highest BCUT2D eigenvalue weighted by molar-refractivity contribution is 8.13. The van der Waals surface area contributed by atoms with Crippen LogP contribution in [0, 0.1) is 22.2 Å². The zero-order valence-corrected chi connectivity index (χ0v) is 7.66. The van der Waals surface area contributed by atoms with E-state index < -0.39 is 0 Å². The quantitative estimate of drug-likeness (QED) is 0.500. The Hall–Kier alpha value is -0.690. The maximum Gasteiger partial charge on any atom is 0.151 e. The van der Waals surface area contributed by atoms with Crippen molar-refractivity contribution in [2.75, 3.05) is 5.75 Å². The number of hydrogen-bond donors (Lipinski definition) is 2. The van der Waals surface area contributed by atoms with Crippen LogP contribution in [0.2, 0.25) is 0 Å². The summed E-state index contributed by atoms with van der Waals surface area (Å²) in [6, 6.07) is 2.19. The third-order valence-corrected chi connectivity index (χ3v) is 2.01. The molecule has 3 nitrogen and oxygen atoms in total. The molecule has 0 bridgehead atoms. The molecule has 0 rings (SSSR count). The van der Waals surface area contributed by atoms with Gasteiger partial charge in [-0.2, -0.15) is 5.26 Å². The number of nitrogens with zero attached hydrogens (tertiary/aromatic N) is 1. The summed E-state index contributed by atoms with van der Waals surface area (Å²) in [5.74, 6) is 0.746. The zero-order valence-electron chi connectivity index (χ0n) is 6.85. The lowest BCUT2D eigenvalue weighted by Gasteiger charge is -2.13. The topological polar surface area (TPSA) is 73.7 Å². The van der Waals surface area contributed by atoms with Crippen molar-refractivity contribution >= 4 is 16.9 Å². The van der Waals surface area contributed by atoms with Gasteiger partial charge in [0, 0.05) is 5.75 Å². The fourth-order valence-electron chi connectivity index (χ4n) is 0.472. The number of nitrogens with two attached hydrogens (primary N) is 1. The SMILES string of the molecule is CC(C)(C#N)CCSC(=N)N. The Morgan fingerprint density at radius 3 is 2.64 bits per heavy atom. The predicted molar refractivity (Wildman–Crippen MR) is 48.4 cm³/mol. The molecular formula is C7H13N3S. The van der Waals surface area contributed by atoms with Crippen LogP contribution in [0.5, 0.6) is 0 Å². The van der Waals surface area contributed by atoms with Crippen molar-refractivity contribution in [3.05, 3.63) is 0 Å². The zero-order chi connectivity index (χ0) is 8.91. The Morgan fingerprint density at radius 2 is 2.27 bits per heavy atom. The average molecular weight is 171 g/mol. The van der Waals surface area contributed by atoms with Crippen molar-refractivity contribution in [3.8, 4) is 6.07 Å². The van der Waals surface area contributed by atoms with E-state index in [4.69, 9.17) is 16.4 Å². The van der Waals surface area contributed by atoms with Gasteiger partial charge >= 0.3 is 0 Å². The molecule has 0 aliphatic heterocycles. The number of amidine groups is 1. The molecule has 11 heavy (non-hydrogen) atoms. The van der Waals surface area contributed by atoms with Gasteiger partial charge in [-0.1, -0.05) is 11.8 Å². The Kier molecular flexibility index (Phi) is 3.98. The first-order valence-corrected chi connectivity index (χ1v) is 4.34. The first-order valence-electron chi connectivity index (χ1n) is 3.36. The molecule has 0 saturated heterocycles. The normalized spacial score (nSPS) is 10.6. The summed E-state index contributed by atoms with van der Waals surface area (Å²) in [6.45, 7) is 3.77. The average Bonchev–Trinajstić information content (AvgIpc) is 1.87. The highest BCUT2D eigenvalue weighted by Crippen LogP contribution is 2.20. The number of hydrogen-bond acceptors (Lipinski definition) is 3. The minimum Gasteiger partial charge on any atom is -0.379 e. The molecule has 0 amide bonds. The van der Waals surface area contributed by atoms with Crippen LogP contribution in [0.4, 0.5) is 0 Å². The number of nitrogens with one attached hydrogen (secondary N) is 1. The van der Waals surface area contributed by atoms with Gasteiger partial charge in [0.05, 0.1) is 11.5 Å². The van der Waals surface area contributed by atoms with Gasteiger partial charge in [0.1, 0.15) is 0 Å². The summed E-state index contributed by atoms with van der Waals surface area (Å²) in [7, 11) is 0. The monoisotopic (exact) mass is 171 g/mol. The molecule has 0 spiro atoms. The minimum atomic E-state index is -0.289. The van der Waals surface area contributed by atoms with Gasteiger partial charge < -0.3 is 5.73 Å². The molecule has 0 saturated carbocycles. The maximum atomic E-state index is 8.62. The molecule has 0 heterocycles.